The lowest BCUT2D eigenvalue weighted by Crippen LogP contribution is -2.74. The van der Waals surface area contributed by atoms with Gasteiger partial charge in [0, 0.05) is 0 Å². The van der Waals surface area contributed by atoms with E-state index in [1.807, 2.05) is 0 Å². The average molecular weight is 466 g/mol. The molecule has 0 heterocycles. The Bertz CT molecular complexity index is 548. The molecule has 0 saturated carbocycles. The third-order valence-electron chi connectivity index (χ3n) is 2.99. The summed E-state index contributed by atoms with van der Waals surface area (Å²) < 4.78 is 214. The van der Waals surface area contributed by atoms with Crippen LogP contribution in [0.25, 0.3) is 0 Å². The topological polar surface area (TPSA) is 20.2 Å². The van der Waals surface area contributed by atoms with Crippen LogP contribution in [0.4, 0.5) is 74.6 Å². The molecule has 27 heavy (non-hydrogen) atoms. The molecule has 0 aromatic rings. The van der Waals surface area contributed by atoms with Crippen LogP contribution in [0, 0.1) is 0 Å². The summed E-state index contributed by atoms with van der Waals surface area (Å²) in [5.41, 5.74) is -6.57. The molecule has 19 heteroatoms. The standard InChI is InChI=1S/C8H3F17OSi/c9-1(10,3(13,14)5(17,18)7(21,22)23)2(11,12)4(15,16)6(19,20)8(24,25)27-26/h26H,27H2. The zero-order valence-electron chi connectivity index (χ0n) is 11.6. The number of hydrogen-bond donors (Lipinski definition) is 1. The fraction of sp³-hybridized carbons (Fsp3) is 1.00. The highest BCUT2D eigenvalue weighted by Crippen LogP contribution is 2.63. The van der Waals surface area contributed by atoms with Crippen molar-refractivity contribution in [1.82, 2.24) is 0 Å². The van der Waals surface area contributed by atoms with Crippen LogP contribution >= 0.6 is 0 Å². The first-order chi connectivity index (χ1) is 11.3. The third-order valence-corrected chi connectivity index (χ3v) is 3.83. The summed E-state index contributed by atoms with van der Waals surface area (Å²) in [7, 11) is -4.78. The van der Waals surface area contributed by atoms with Crippen LogP contribution in [0.5, 0.6) is 0 Å². The van der Waals surface area contributed by atoms with Gasteiger partial charge >= 0.3 is 47.3 Å². The molecule has 0 aromatic carbocycles. The monoisotopic (exact) mass is 466 g/mol. The number of rotatable bonds is 7. The first-order valence-corrected chi connectivity index (χ1v) is 6.97. The summed E-state index contributed by atoms with van der Waals surface area (Å²) >= 11 is 0. The molecule has 0 fully saturated rings. The van der Waals surface area contributed by atoms with Crippen molar-refractivity contribution in [2.45, 2.75) is 47.3 Å². The quantitative estimate of drug-likeness (QED) is 0.444. The van der Waals surface area contributed by atoms with Crippen LogP contribution in [0.3, 0.4) is 0 Å². The van der Waals surface area contributed by atoms with Gasteiger partial charge in [-0.2, -0.15) is 65.9 Å². The molecule has 0 radical (unpaired) electrons. The van der Waals surface area contributed by atoms with E-state index in [0.717, 1.165) is 0 Å². The molecule has 0 spiro atoms. The van der Waals surface area contributed by atoms with Gasteiger partial charge < -0.3 is 4.80 Å². The van der Waals surface area contributed by atoms with Crippen LogP contribution in [0.1, 0.15) is 0 Å². The Morgan fingerprint density at radius 1 is 0.370 bits per heavy atom. The van der Waals surface area contributed by atoms with E-state index in [4.69, 9.17) is 4.80 Å². The van der Waals surface area contributed by atoms with Gasteiger partial charge in [-0.25, -0.2) is 8.78 Å². The van der Waals surface area contributed by atoms with Crippen molar-refractivity contribution in [2.24, 2.45) is 0 Å². The summed E-state index contributed by atoms with van der Waals surface area (Å²) in [5.74, 6) is -49.9. The minimum Gasteiger partial charge on any atom is -0.431 e. The van der Waals surface area contributed by atoms with Gasteiger partial charge in [0.2, 0.25) is 9.76 Å². The maximum absolute atomic E-state index is 13.0. The Hall–Kier alpha value is -1.01. The molecular formula is C8H3F17OSi. The zero-order chi connectivity index (χ0) is 22.7. The molecule has 0 atom stereocenters. The van der Waals surface area contributed by atoms with Crippen LogP contribution < -0.4 is 0 Å². The fourth-order valence-corrected chi connectivity index (χ4v) is 1.72. The van der Waals surface area contributed by atoms with Gasteiger partial charge in [0.25, 0.3) is 0 Å². The van der Waals surface area contributed by atoms with E-state index in [1.54, 1.807) is 0 Å². The Morgan fingerprint density at radius 2 is 0.593 bits per heavy atom. The minimum atomic E-state index is -8.63. The number of hydrogen-bond acceptors (Lipinski definition) is 1. The van der Waals surface area contributed by atoms with Crippen molar-refractivity contribution in [1.29, 1.82) is 0 Å². The fourth-order valence-electron chi connectivity index (χ4n) is 1.30. The highest BCUT2D eigenvalue weighted by molar-refractivity contribution is 6.29. The molecule has 0 aliphatic heterocycles. The van der Waals surface area contributed by atoms with Crippen molar-refractivity contribution in [3.05, 3.63) is 0 Å². The normalized spacial score (nSPS) is 17.1. The molecule has 1 nitrogen and oxygen atoms in total. The van der Waals surface area contributed by atoms with Gasteiger partial charge in [-0.05, 0) is 0 Å². The first kappa shape index (κ1) is 26.0. The molecule has 0 saturated heterocycles. The van der Waals surface area contributed by atoms with Gasteiger partial charge in [0.1, 0.15) is 0 Å². The van der Waals surface area contributed by atoms with E-state index in [-0.39, 0.29) is 0 Å². The van der Waals surface area contributed by atoms with E-state index >= 15 is 0 Å². The van der Waals surface area contributed by atoms with E-state index in [0.29, 0.717) is 0 Å². The summed E-state index contributed by atoms with van der Waals surface area (Å²) in [5, 5.41) is 0. The summed E-state index contributed by atoms with van der Waals surface area (Å²) in [6.07, 6.45) is -7.77. The maximum Gasteiger partial charge on any atom is 0.460 e. The molecule has 0 bridgehead atoms. The summed E-state index contributed by atoms with van der Waals surface area (Å²) in [6.45, 7) is 0. The van der Waals surface area contributed by atoms with E-state index < -0.39 is 57.0 Å². The predicted octanol–water partition coefficient (Wildman–Crippen LogP) is 4.03. The average Bonchev–Trinajstić information content (AvgIpc) is 2.44. The van der Waals surface area contributed by atoms with Gasteiger partial charge in [0.05, 0.1) is 0 Å². The van der Waals surface area contributed by atoms with Crippen molar-refractivity contribution >= 4 is 9.76 Å². The van der Waals surface area contributed by atoms with Gasteiger partial charge in [-0.3, -0.25) is 0 Å². The van der Waals surface area contributed by atoms with Crippen molar-refractivity contribution in [3.63, 3.8) is 0 Å². The maximum atomic E-state index is 13.0. The van der Waals surface area contributed by atoms with Crippen molar-refractivity contribution < 1.29 is 79.4 Å². The first-order valence-electron chi connectivity index (χ1n) is 5.63. The second kappa shape index (κ2) is 6.24. The molecule has 0 rings (SSSR count). The largest absolute Gasteiger partial charge is 0.460 e. The highest BCUT2D eigenvalue weighted by Gasteiger charge is 2.95. The zero-order valence-corrected chi connectivity index (χ0v) is 13.0. The Kier molecular flexibility index (Phi) is 6.01. The second-order valence-corrected chi connectivity index (χ2v) is 6.01. The molecule has 0 aliphatic rings. The molecule has 1 N–H and O–H groups in total. The van der Waals surface area contributed by atoms with E-state index in [9.17, 15) is 74.6 Å². The molecule has 164 valence electrons. The Balaban J connectivity index is 6.65. The molecule has 0 unspecified atom stereocenters. The molecule has 0 amide bonds. The molecule has 0 aliphatic carbocycles. The molecular weight excluding hydrogens is 463 g/mol. The summed E-state index contributed by atoms with van der Waals surface area (Å²) in [6, 6.07) is 0. The van der Waals surface area contributed by atoms with Crippen LogP contribution in [-0.2, 0) is 0 Å². The van der Waals surface area contributed by atoms with Gasteiger partial charge in [-0.15, -0.1) is 0 Å². The van der Waals surface area contributed by atoms with Crippen LogP contribution in [0.2, 0.25) is 0 Å². The third kappa shape index (κ3) is 3.13. The summed E-state index contributed by atoms with van der Waals surface area (Å²) in [4.78, 5) is 7.88. The highest BCUT2D eigenvalue weighted by atomic mass is 28.2. The predicted molar refractivity (Wildman–Crippen MR) is 51.4 cm³/mol. The lowest BCUT2D eigenvalue weighted by atomic mass is 9.91. The van der Waals surface area contributed by atoms with Crippen molar-refractivity contribution in [3.8, 4) is 0 Å². The SMILES string of the molecule is O[SiH2]C(F)(F)C(F)(F)C(F)(F)C(F)(F)C(F)(F)C(F)(F)C(F)(F)C(F)(F)F. The van der Waals surface area contributed by atoms with Crippen LogP contribution in [0.15, 0.2) is 0 Å². The smallest absolute Gasteiger partial charge is 0.431 e. The lowest BCUT2D eigenvalue weighted by Gasteiger charge is -2.42. The Labute approximate surface area is 138 Å². The lowest BCUT2D eigenvalue weighted by molar-refractivity contribution is -0.458. The van der Waals surface area contributed by atoms with E-state index in [1.165, 1.54) is 0 Å². The van der Waals surface area contributed by atoms with Gasteiger partial charge in [0.15, 0.2) is 0 Å². The van der Waals surface area contributed by atoms with Crippen molar-refractivity contribution in [2.75, 3.05) is 0 Å². The van der Waals surface area contributed by atoms with E-state index in [2.05, 4.69) is 0 Å². The van der Waals surface area contributed by atoms with Crippen LogP contribution in [-0.4, -0.2) is 61.8 Å². The Morgan fingerprint density at radius 3 is 0.815 bits per heavy atom. The van der Waals surface area contributed by atoms with Gasteiger partial charge in [-0.1, -0.05) is 0 Å². The second-order valence-electron chi connectivity index (χ2n) is 4.81. The molecule has 0 aromatic heterocycles. The minimum absolute atomic E-state index is 4.78. The number of alkyl halides is 17. The number of halogens is 17.